The van der Waals surface area contributed by atoms with Crippen LogP contribution in [-0.4, -0.2) is 17.5 Å². The number of hydrogen-bond acceptors (Lipinski definition) is 2. The van der Waals surface area contributed by atoms with E-state index in [0.717, 1.165) is 21.3 Å². The Hall–Kier alpha value is -1.03. The van der Waals surface area contributed by atoms with Gasteiger partial charge in [-0.15, -0.1) is 0 Å². The van der Waals surface area contributed by atoms with Crippen LogP contribution >= 0.6 is 15.9 Å². The summed E-state index contributed by atoms with van der Waals surface area (Å²) in [6.45, 7) is 11.9. The van der Waals surface area contributed by atoms with Crippen LogP contribution in [0, 0.1) is 13.8 Å². The van der Waals surface area contributed by atoms with Crippen LogP contribution in [0.2, 0.25) is 0 Å². The van der Waals surface area contributed by atoms with E-state index in [1.165, 1.54) is 0 Å². The molecular weight excluding hydrogens is 304 g/mol. The van der Waals surface area contributed by atoms with Gasteiger partial charge in [-0.3, -0.25) is 4.79 Å². The summed E-state index contributed by atoms with van der Waals surface area (Å²) in [4.78, 5) is 12.0. The average Bonchev–Trinajstić information content (AvgIpc) is 2.23. The Labute approximate surface area is 124 Å². The number of amides is 1. The molecule has 1 aromatic rings. The van der Waals surface area contributed by atoms with E-state index in [1.807, 2.05) is 53.7 Å². The molecule has 1 amide bonds. The highest BCUT2D eigenvalue weighted by atomic mass is 79.9. The van der Waals surface area contributed by atoms with Crippen molar-refractivity contribution in [3.63, 3.8) is 0 Å². The molecular formula is C15H23BrN2O. The summed E-state index contributed by atoms with van der Waals surface area (Å²) in [6, 6.07) is 3.81. The molecule has 1 rings (SSSR count). The van der Waals surface area contributed by atoms with Gasteiger partial charge in [-0.1, -0.05) is 15.9 Å². The van der Waals surface area contributed by atoms with Gasteiger partial charge in [-0.05, 0) is 64.8 Å². The average molecular weight is 327 g/mol. The van der Waals surface area contributed by atoms with Crippen molar-refractivity contribution in [1.29, 1.82) is 0 Å². The van der Waals surface area contributed by atoms with Gasteiger partial charge in [0.2, 0.25) is 5.91 Å². The number of nitrogens with one attached hydrogen (secondary N) is 2. The number of hydrogen-bond donors (Lipinski definition) is 2. The minimum Gasteiger partial charge on any atom is -0.374 e. The SMILES string of the molecule is Cc1cc(NC(C)C(=O)NC(C)(C)C)cc(C)c1Br. The van der Waals surface area contributed by atoms with Crippen LogP contribution in [0.5, 0.6) is 0 Å². The van der Waals surface area contributed by atoms with E-state index in [0.29, 0.717) is 0 Å². The number of carbonyl (C=O) groups is 1. The zero-order valence-electron chi connectivity index (χ0n) is 12.5. The molecule has 1 atom stereocenters. The maximum absolute atomic E-state index is 12.0. The van der Waals surface area contributed by atoms with Crippen LogP contribution in [0.15, 0.2) is 16.6 Å². The van der Waals surface area contributed by atoms with Gasteiger partial charge in [0.25, 0.3) is 0 Å². The second-order valence-corrected chi connectivity index (χ2v) is 6.82. The number of carbonyl (C=O) groups excluding carboxylic acids is 1. The molecule has 0 aliphatic carbocycles. The summed E-state index contributed by atoms with van der Waals surface area (Å²) in [5.74, 6) is 0.00530. The molecule has 0 saturated heterocycles. The molecule has 0 spiro atoms. The molecule has 3 nitrogen and oxygen atoms in total. The van der Waals surface area contributed by atoms with Crippen molar-refractivity contribution in [2.45, 2.75) is 53.1 Å². The lowest BCUT2D eigenvalue weighted by Crippen LogP contribution is -2.47. The molecule has 0 heterocycles. The number of aryl methyl sites for hydroxylation is 2. The second-order valence-electron chi connectivity index (χ2n) is 6.03. The van der Waals surface area contributed by atoms with Crippen LogP contribution in [0.3, 0.4) is 0 Å². The maximum Gasteiger partial charge on any atom is 0.242 e. The van der Waals surface area contributed by atoms with Crippen molar-refractivity contribution in [2.24, 2.45) is 0 Å². The molecule has 2 N–H and O–H groups in total. The van der Waals surface area contributed by atoms with E-state index in [9.17, 15) is 4.79 Å². The summed E-state index contributed by atoms with van der Waals surface area (Å²) in [7, 11) is 0. The van der Waals surface area contributed by atoms with Gasteiger partial charge in [0, 0.05) is 15.7 Å². The summed E-state index contributed by atoms with van der Waals surface area (Å²) in [6.07, 6.45) is 0. The number of anilines is 1. The topological polar surface area (TPSA) is 41.1 Å². The lowest BCUT2D eigenvalue weighted by atomic mass is 10.1. The Morgan fingerprint density at radius 2 is 1.68 bits per heavy atom. The molecule has 0 radical (unpaired) electrons. The molecule has 1 aromatic carbocycles. The minimum absolute atomic E-state index is 0.00530. The Balaban J connectivity index is 2.77. The number of benzene rings is 1. The fourth-order valence-electron chi connectivity index (χ4n) is 1.82. The molecule has 0 aromatic heterocycles. The van der Waals surface area contributed by atoms with Gasteiger partial charge in [-0.2, -0.15) is 0 Å². The summed E-state index contributed by atoms with van der Waals surface area (Å²) >= 11 is 3.54. The Morgan fingerprint density at radius 3 is 2.11 bits per heavy atom. The standard InChI is InChI=1S/C15H23BrN2O/c1-9-7-12(8-10(2)13(9)16)17-11(3)14(19)18-15(4,5)6/h7-8,11,17H,1-6H3,(H,18,19). The van der Waals surface area contributed by atoms with Gasteiger partial charge < -0.3 is 10.6 Å². The quantitative estimate of drug-likeness (QED) is 0.887. The van der Waals surface area contributed by atoms with E-state index < -0.39 is 0 Å². The molecule has 106 valence electrons. The van der Waals surface area contributed by atoms with Crippen molar-refractivity contribution in [3.8, 4) is 0 Å². The molecule has 0 aliphatic rings. The lowest BCUT2D eigenvalue weighted by molar-refractivity contribution is -0.122. The summed E-state index contributed by atoms with van der Waals surface area (Å²) in [5, 5.41) is 6.21. The van der Waals surface area contributed by atoms with E-state index >= 15 is 0 Å². The molecule has 19 heavy (non-hydrogen) atoms. The van der Waals surface area contributed by atoms with Crippen molar-refractivity contribution in [1.82, 2.24) is 5.32 Å². The maximum atomic E-state index is 12.0. The van der Waals surface area contributed by atoms with Crippen molar-refractivity contribution < 1.29 is 4.79 Å². The summed E-state index contributed by atoms with van der Waals surface area (Å²) in [5.41, 5.74) is 3.07. The zero-order chi connectivity index (χ0) is 14.8. The molecule has 4 heteroatoms. The van der Waals surface area contributed by atoms with Crippen LogP contribution in [-0.2, 0) is 4.79 Å². The molecule has 0 aliphatic heterocycles. The smallest absolute Gasteiger partial charge is 0.242 e. The monoisotopic (exact) mass is 326 g/mol. The molecule has 1 unspecified atom stereocenters. The number of halogens is 1. The minimum atomic E-state index is -0.265. The Kier molecular flexibility index (Phi) is 5.02. The van der Waals surface area contributed by atoms with E-state index in [2.05, 4.69) is 26.6 Å². The fraction of sp³-hybridized carbons (Fsp3) is 0.533. The number of rotatable bonds is 3. The molecule has 0 saturated carbocycles. The lowest BCUT2D eigenvalue weighted by Gasteiger charge is -2.24. The highest BCUT2D eigenvalue weighted by Gasteiger charge is 2.19. The zero-order valence-corrected chi connectivity index (χ0v) is 14.1. The normalized spacial score (nSPS) is 13.0. The third-order valence-corrected chi connectivity index (χ3v) is 3.96. The Bertz CT molecular complexity index is 455. The van der Waals surface area contributed by atoms with Crippen molar-refractivity contribution in [2.75, 3.05) is 5.32 Å². The Morgan fingerprint density at radius 1 is 1.21 bits per heavy atom. The van der Waals surface area contributed by atoms with Crippen LogP contribution in [0.25, 0.3) is 0 Å². The van der Waals surface area contributed by atoms with Gasteiger partial charge in [-0.25, -0.2) is 0 Å². The van der Waals surface area contributed by atoms with E-state index in [1.54, 1.807) is 0 Å². The van der Waals surface area contributed by atoms with Crippen molar-refractivity contribution in [3.05, 3.63) is 27.7 Å². The highest BCUT2D eigenvalue weighted by Crippen LogP contribution is 2.25. The van der Waals surface area contributed by atoms with E-state index in [-0.39, 0.29) is 17.5 Å². The van der Waals surface area contributed by atoms with Gasteiger partial charge >= 0.3 is 0 Å². The second kappa shape index (κ2) is 5.95. The van der Waals surface area contributed by atoms with Gasteiger partial charge in [0.05, 0.1) is 0 Å². The first kappa shape index (κ1) is 16.0. The van der Waals surface area contributed by atoms with Crippen molar-refractivity contribution >= 4 is 27.5 Å². The highest BCUT2D eigenvalue weighted by molar-refractivity contribution is 9.10. The largest absolute Gasteiger partial charge is 0.374 e. The first-order valence-electron chi connectivity index (χ1n) is 6.45. The molecule has 0 fully saturated rings. The van der Waals surface area contributed by atoms with Crippen LogP contribution in [0.4, 0.5) is 5.69 Å². The fourth-order valence-corrected chi connectivity index (χ4v) is 2.05. The molecule has 0 bridgehead atoms. The van der Waals surface area contributed by atoms with E-state index in [4.69, 9.17) is 0 Å². The predicted octanol–water partition coefficient (Wildman–Crippen LogP) is 3.78. The first-order valence-corrected chi connectivity index (χ1v) is 7.25. The first-order chi connectivity index (χ1) is 8.60. The van der Waals surface area contributed by atoms with Crippen LogP contribution < -0.4 is 10.6 Å². The summed E-state index contributed by atoms with van der Waals surface area (Å²) < 4.78 is 1.12. The third kappa shape index (κ3) is 4.86. The predicted molar refractivity (Wildman–Crippen MR) is 84.6 cm³/mol. The third-order valence-electron chi connectivity index (χ3n) is 2.71. The van der Waals surface area contributed by atoms with Crippen LogP contribution in [0.1, 0.15) is 38.8 Å². The van der Waals surface area contributed by atoms with Gasteiger partial charge in [0.1, 0.15) is 6.04 Å². The van der Waals surface area contributed by atoms with Gasteiger partial charge in [0.15, 0.2) is 0 Å².